The summed E-state index contributed by atoms with van der Waals surface area (Å²) in [5.74, 6) is 1.09. The van der Waals surface area contributed by atoms with Crippen LogP contribution in [0.15, 0.2) is 6.07 Å². The average molecular weight is 265 g/mol. The fourth-order valence-corrected chi connectivity index (χ4v) is 3.77. The van der Waals surface area contributed by atoms with Crippen molar-refractivity contribution in [3.05, 3.63) is 21.4 Å². The molecule has 0 aliphatic carbocycles. The molecule has 0 N–H and O–H groups in total. The maximum atomic E-state index is 12.3. The zero-order chi connectivity index (χ0) is 13.1. The minimum absolute atomic E-state index is 0.300. The highest BCUT2D eigenvalue weighted by Crippen LogP contribution is 2.23. The first-order chi connectivity index (χ1) is 8.60. The van der Waals surface area contributed by atoms with Gasteiger partial charge >= 0.3 is 0 Å². The molecule has 18 heavy (non-hydrogen) atoms. The molecule has 1 fully saturated rings. The number of rotatable bonds is 4. The van der Waals surface area contributed by atoms with Crippen molar-refractivity contribution in [2.75, 3.05) is 19.6 Å². The molecular formula is C15H23NOS. The van der Waals surface area contributed by atoms with E-state index in [-0.39, 0.29) is 0 Å². The van der Waals surface area contributed by atoms with Crippen LogP contribution in [0.3, 0.4) is 0 Å². The molecule has 1 aliphatic rings. The van der Waals surface area contributed by atoms with Gasteiger partial charge in [-0.3, -0.25) is 9.69 Å². The minimum Gasteiger partial charge on any atom is -0.296 e. The van der Waals surface area contributed by atoms with Gasteiger partial charge in [0, 0.05) is 21.9 Å². The maximum absolute atomic E-state index is 12.3. The fourth-order valence-electron chi connectivity index (χ4n) is 2.82. The standard InChI is InChI=1S/C15H23NOS/c1-4-13-6-5-7-16(9-13)10-15(17)14-8-11(2)18-12(14)3/h8,13H,4-7,9-10H2,1-3H3. The number of likely N-dealkylation sites (tertiary alicyclic amines) is 1. The van der Waals surface area contributed by atoms with Gasteiger partial charge < -0.3 is 0 Å². The molecule has 1 unspecified atom stereocenters. The predicted octanol–water partition coefficient (Wildman–Crippen LogP) is 3.67. The SMILES string of the molecule is CCC1CCCN(CC(=O)c2cc(C)sc2C)C1. The Labute approximate surface area is 114 Å². The summed E-state index contributed by atoms with van der Waals surface area (Å²) in [6, 6.07) is 2.05. The van der Waals surface area contributed by atoms with Gasteiger partial charge in [-0.25, -0.2) is 0 Å². The molecule has 1 saturated heterocycles. The molecule has 0 saturated carbocycles. The Morgan fingerprint density at radius 3 is 2.89 bits per heavy atom. The van der Waals surface area contributed by atoms with E-state index >= 15 is 0 Å². The zero-order valence-corrected chi connectivity index (χ0v) is 12.5. The van der Waals surface area contributed by atoms with Crippen molar-refractivity contribution in [1.29, 1.82) is 0 Å². The van der Waals surface area contributed by atoms with Gasteiger partial charge in [0.2, 0.25) is 0 Å². The molecule has 100 valence electrons. The van der Waals surface area contributed by atoms with Crippen molar-refractivity contribution < 1.29 is 4.79 Å². The van der Waals surface area contributed by atoms with Gasteiger partial charge in [-0.2, -0.15) is 0 Å². The molecular weight excluding hydrogens is 242 g/mol. The van der Waals surface area contributed by atoms with E-state index in [4.69, 9.17) is 0 Å². The quantitative estimate of drug-likeness (QED) is 0.774. The van der Waals surface area contributed by atoms with Crippen LogP contribution in [0.5, 0.6) is 0 Å². The Morgan fingerprint density at radius 1 is 1.50 bits per heavy atom. The Morgan fingerprint density at radius 2 is 2.28 bits per heavy atom. The fraction of sp³-hybridized carbons (Fsp3) is 0.667. The lowest BCUT2D eigenvalue weighted by Crippen LogP contribution is -2.38. The second-order valence-electron chi connectivity index (χ2n) is 5.40. The summed E-state index contributed by atoms with van der Waals surface area (Å²) in [7, 11) is 0. The van der Waals surface area contributed by atoms with Crippen LogP contribution >= 0.6 is 11.3 Å². The summed E-state index contributed by atoms with van der Waals surface area (Å²) >= 11 is 1.73. The van der Waals surface area contributed by atoms with Gasteiger partial charge in [0.25, 0.3) is 0 Å². The number of piperidine rings is 1. The van der Waals surface area contributed by atoms with Crippen molar-refractivity contribution in [3.8, 4) is 0 Å². The normalized spacial score (nSPS) is 21.2. The zero-order valence-electron chi connectivity index (χ0n) is 11.7. The molecule has 3 heteroatoms. The van der Waals surface area contributed by atoms with Gasteiger partial charge in [0.1, 0.15) is 0 Å². The van der Waals surface area contributed by atoms with Crippen molar-refractivity contribution >= 4 is 17.1 Å². The van der Waals surface area contributed by atoms with Gasteiger partial charge in [-0.1, -0.05) is 13.3 Å². The summed E-state index contributed by atoms with van der Waals surface area (Å²) in [5.41, 5.74) is 0.941. The van der Waals surface area contributed by atoms with E-state index in [1.807, 2.05) is 6.07 Å². The topological polar surface area (TPSA) is 20.3 Å². The Hall–Kier alpha value is -0.670. The largest absolute Gasteiger partial charge is 0.296 e. The molecule has 0 aromatic carbocycles. The van der Waals surface area contributed by atoms with Gasteiger partial charge in [-0.05, 0) is 45.2 Å². The number of Topliss-reactive ketones (excluding diaryl/α,β-unsaturated/α-hetero) is 1. The first-order valence-electron chi connectivity index (χ1n) is 6.92. The van der Waals surface area contributed by atoms with Gasteiger partial charge in [-0.15, -0.1) is 11.3 Å². The van der Waals surface area contributed by atoms with Crippen LogP contribution in [0.4, 0.5) is 0 Å². The molecule has 2 rings (SSSR count). The number of carbonyl (C=O) groups excluding carboxylic acids is 1. The lowest BCUT2D eigenvalue weighted by atomic mass is 9.95. The molecule has 1 atom stereocenters. The van der Waals surface area contributed by atoms with Crippen molar-refractivity contribution in [3.63, 3.8) is 0 Å². The lowest BCUT2D eigenvalue weighted by molar-refractivity contribution is 0.0884. The van der Waals surface area contributed by atoms with Crippen LogP contribution in [0, 0.1) is 19.8 Å². The highest BCUT2D eigenvalue weighted by Gasteiger charge is 2.21. The van der Waals surface area contributed by atoms with Crippen LogP contribution < -0.4 is 0 Å². The molecule has 0 spiro atoms. The minimum atomic E-state index is 0.300. The monoisotopic (exact) mass is 265 g/mol. The lowest BCUT2D eigenvalue weighted by Gasteiger charge is -2.31. The predicted molar refractivity (Wildman–Crippen MR) is 77.6 cm³/mol. The van der Waals surface area contributed by atoms with E-state index in [1.54, 1.807) is 11.3 Å². The van der Waals surface area contributed by atoms with Crippen LogP contribution in [0.25, 0.3) is 0 Å². The number of hydrogen-bond acceptors (Lipinski definition) is 3. The Bertz CT molecular complexity index is 424. The Balaban J connectivity index is 1.97. The third-order valence-electron chi connectivity index (χ3n) is 3.89. The Kier molecular flexibility index (Phi) is 4.57. The summed E-state index contributed by atoms with van der Waals surface area (Å²) < 4.78 is 0. The summed E-state index contributed by atoms with van der Waals surface area (Å²) in [6.07, 6.45) is 3.81. The summed E-state index contributed by atoms with van der Waals surface area (Å²) in [6.45, 7) is 9.17. The number of hydrogen-bond donors (Lipinski definition) is 0. The number of ketones is 1. The molecule has 1 aliphatic heterocycles. The van der Waals surface area contributed by atoms with Gasteiger partial charge in [0.15, 0.2) is 5.78 Å². The van der Waals surface area contributed by atoms with Gasteiger partial charge in [0.05, 0.1) is 6.54 Å². The van der Waals surface area contributed by atoms with Crippen molar-refractivity contribution in [2.45, 2.75) is 40.0 Å². The molecule has 2 nitrogen and oxygen atoms in total. The average Bonchev–Trinajstić information content (AvgIpc) is 2.69. The highest BCUT2D eigenvalue weighted by atomic mass is 32.1. The van der Waals surface area contributed by atoms with E-state index in [2.05, 4.69) is 25.7 Å². The molecule has 1 aromatic heterocycles. The number of thiophene rings is 1. The number of aryl methyl sites for hydroxylation is 2. The van der Waals surface area contributed by atoms with Crippen molar-refractivity contribution in [2.24, 2.45) is 5.92 Å². The highest BCUT2D eigenvalue weighted by molar-refractivity contribution is 7.12. The van der Waals surface area contributed by atoms with Crippen LogP contribution in [0.2, 0.25) is 0 Å². The number of carbonyl (C=O) groups is 1. The molecule has 0 bridgehead atoms. The second kappa shape index (κ2) is 5.98. The third-order valence-corrected chi connectivity index (χ3v) is 4.85. The second-order valence-corrected chi connectivity index (χ2v) is 6.86. The third kappa shape index (κ3) is 3.21. The van der Waals surface area contributed by atoms with Crippen LogP contribution in [-0.4, -0.2) is 30.3 Å². The summed E-state index contributed by atoms with van der Waals surface area (Å²) in [5, 5.41) is 0. The van der Waals surface area contributed by atoms with E-state index in [1.165, 1.54) is 29.0 Å². The first kappa shape index (κ1) is 13.8. The van der Waals surface area contributed by atoms with E-state index in [0.717, 1.165) is 24.6 Å². The smallest absolute Gasteiger partial charge is 0.177 e. The van der Waals surface area contributed by atoms with E-state index in [9.17, 15) is 4.79 Å². The first-order valence-corrected chi connectivity index (χ1v) is 7.74. The molecule has 1 aromatic rings. The van der Waals surface area contributed by atoms with Crippen LogP contribution in [-0.2, 0) is 0 Å². The van der Waals surface area contributed by atoms with E-state index < -0.39 is 0 Å². The van der Waals surface area contributed by atoms with Crippen molar-refractivity contribution in [1.82, 2.24) is 4.90 Å². The maximum Gasteiger partial charge on any atom is 0.177 e. The number of nitrogens with zero attached hydrogens (tertiary/aromatic N) is 1. The summed E-state index contributed by atoms with van der Waals surface area (Å²) in [4.78, 5) is 17.1. The van der Waals surface area contributed by atoms with E-state index in [0.29, 0.717) is 12.3 Å². The molecule has 0 radical (unpaired) electrons. The molecule has 2 heterocycles. The van der Waals surface area contributed by atoms with Crippen LogP contribution in [0.1, 0.15) is 46.3 Å². The molecule has 0 amide bonds.